The van der Waals surface area contributed by atoms with E-state index in [1.165, 1.54) is 32.1 Å². The van der Waals surface area contributed by atoms with Crippen LogP contribution in [-0.4, -0.2) is 13.7 Å². The fraction of sp³-hybridized carbons (Fsp3) is 0.882. The normalized spacial score (nSPS) is 16.7. The molecule has 0 fully saturated rings. The van der Waals surface area contributed by atoms with Crippen molar-refractivity contribution in [3.8, 4) is 0 Å². The number of hydrogen-bond acceptors (Lipinski definition) is 2. The van der Waals surface area contributed by atoms with Gasteiger partial charge < -0.3 is 4.84 Å². The lowest BCUT2D eigenvalue weighted by atomic mass is 9.77. The summed E-state index contributed by atoms with van der Waals surface area (Å²) in [6, 6.07) is 0. The van der Waals surface area contributed by atoms with E-state index in [-0.39, 0.29) is 0 Å². The van der Waals surface area contributed by atoms with E-state index in [0.29, 0.717) is 0 Å². The lowest BCUT2D eigenvalue weighted by molar-refractivity contribution is 0.0547. The zero-order chi connectivity index (χ0) is 14.5. The molecule has 3 atom stereocenters. The Bertz CT molecular complexity index is 215. The van der Waals surface area contributed by atoms with Gasteiger partial charge in [-0.05, 0) is 37.5 Å². The van der Waals surface area contributed by atoms with Gasteiger partial charge in [-0.25, -0.2) is 5.48 Å². The molecule has 0 aliphatic heterocycles. The van der Waals surface area contributed by atoms with E-state index in [1.807, 2.05) is 7.05 Å². The first-order chi connectivity index (χ1) is 9.17. The van der Waals surface area contributed by atoms with Gasteiger partial charge in [0.05, 0.1) is 6.61 Å². The van der Waals surface area contributed by atoms with Crippen molar-refractivity contribution in [3.63, 3.8) is 0 Å². The number of hydroxylamine groups is 1. The Labute approximate surface area is 121 Å². The van der Waals surface area contributed by atoms with Gasteiger partial charge >= 0.3 is 0 Å². The van der Waals surface area contributed by atoms with Crippen LogP contribution >= 0.6 is 0 Å². The van der Waals surface area contributed by atoms with E-state index >= 15 is 0 Å². The third-order valence-electron chi connectivity index (χ3n) is 4.30. The number of unbranched alkanes of at least 4 members (excludes halogenated alkanes) is 2. The van der Waals surface area contributed by atoms with E-state index in [2.05, 4.69) is 45.3 Å². The molecule has 0 spiro atoms. The van der Waals surface area contributed by atoms with Crippen LogP contribution in [0, 0.1) is 17.8 Å². The molecule has 19 heavy (non-hydrogen) atoms. The van der Waals surface area contributed by atoms with Crippen molar-refractivity contribution in [1.29, 1.82) is 0 Å². The fourth-order valence-electron chi connectivity index (χ4n) is 2.75. The first-order valence-electron chi connectivity index (χ1n) is 8.06. The Hall–Kier alpha value is -0.340. The molecular weight excluding hydrogens is 234 g/mol. The molecule has 0 amide bonds. The number of rotatable bonds is 12. The minimum Gasteiger partial charge on any atom is -0.302 e. The smallest absolute Gasteiger partial charge is 0.0682 e. The SMILES string of the molecule is C/C=C/CC(C(C)CC)C(C)CCCCCONC. The minimum atomic E-state index is 0.830. The van der Waals surface area contributed by atoms with Crippen molar-refractivity contribution in [2.24, 2.45) is 17.8 Å². The van der Waals surface area contributed by atoms with Crippen LogP contribution in [0.1, 0.15) is 66.2 Å². The van der Waals surface area contributed by atoms with E-state index in [1.54, 1.807) is 0 Å². The van der Waals surface area contributed by atoms with Crippen LogP contribution in [0.2, 0.25) is 0 Å². The zero-order valence-electron chi connectivity index (χ0n) is 13.7. The molecule has 0 heterocycles. The average molecular weight is 269 g/mol. The van der Waals surface area contributed by atoms with E-state index in [0.717, 1.165) is 30.8 Å². The van der Waals surface area contributed by atoms with Crippen molar-refractivity contribution < 1.29 is 4.84 Å². The highest BCUT2D eigenvalue weighted by Crippen LogP contribution is 2.30. The maximum absolute atomic E-state index is 5.14. The van der Waals surface area contributed by atoms with Gasteiger partial charge in [0.1, 0.15) is 0 Å². The van der Waals surface area contributed by atoms with Gasteiger partial charge in [0.25, 0.3) is 0 Å². The standard InChI is InChI=1S/C17H35NO/c1-6-8-13-17(15(3)7-2)16(4)12-10-9-11-14-19-18-5/h6,8,15-18H,7,9-14H2,1-5H3/b8-6+. The molecular formula is C17H35NO. The van der Waals surface area contributed by atoms with Crippen LogP contribution in [0.4, 0.5) is 0 Å². The highest BCUT2D eigenvalue weighted by atomic mass is 16.6. The molecule has 0 bridgehead atoms. The van der Waals surface area contributed by atoms with Crippen LogP contribution in [0.5, 0.6) is 0 Å². The largest absolute Gasteiger partial charge is 0.302 e. The van der Waals surface area contributed by atoms with Gasteiger partial charge in [-0.3, -0.25) is 0 Å². The first-order valence-corrected chi connectivity index (χ1v) is 8.06. The lowest BCUT2D eigenvalue weighted by Gasteiger charge is -2.28. The molecule has 0 aromatic carbocycles. The van der Waals surface area contributed by atoms with Gasteiger partial charge in [0.15, 0.2) is 0 Å². The van der Waals surface area contributed by atoms with Gasteiger partial charge in [-0.15, -0.1) is 0 Å². The summed E-state index contributed by atoms with van der Waals surface area (Å²) >= 11 is 0. The van der Waals surface area contributed by atoms with Gasteiger partial charge in [-0.2, -0.15) is 0 Å². The molecule has 0 saturated heterocycles. The Kier molecular flexibility index (Phi) is 12.5. The van der Waals surface area contributed by atoms with Crippen molar-refractivity contribution in [2.75, 3.05) is 13.7 Å². The van der Waals surface area contributed by atoms with E-state index < -0.39 is 0 Å². The average Bonchev–Trinajstić information content (AvgIpc) is 2.42. The van der Waals surface area contributed by atoms with Crippen LogP contribution in [0.15, 0.2) is 12.2 Å². The summed E-state index contributed by atoms with van der Waals surface area (Å²) in [5, 5.41) is 0. The Morgan fingerprint density at radius 1 is 1.11 bits per heavy atom. The van der Waals surface area contributed by atoms with Crippen LogP contribution in [0.25, 0.3) is 0 Å². The summed E-state index contributed by atoms with van der Waals surface area (Å²) in [6.07, 6.45) is 12.2. The molecule has 0 rings (SSSR count). The highest BCUT2D eigenvalue weighted by molar-refractivity contribution is 4.84. The minimum absolute atomic E-state index is 0.830. The summed E-state index contributed by atoms with van der Waals surface area (Å²) in [5.74, 6) is 2.50. The molecule has 0 aromatic rings. The fourth-order valence-corrected chi connectivity index (χ4v) is 2.75. The monoisotopic (exact) mass is 269 g/mol. The first kappa shape index (κ1) is 18.7. The molecule has 0 aliphatic rings. The van der Waals surface area contributed by atoms with Crippen LogP contribution in [-0.2, 0) is 4.84 Å². The van der Waals surface area contributed by atoms with Crippen LogP contribution < -0.4 is 5.48 Å². The third-order valence-corrected chi connectivity index (χ3v) is 4.30. The second-order valence-electron chi connectivity index (χ2n) is 5.73. The van der Waals surface area contributed by atoms with Gasteiger partial charge in [0.2, 0.25) is 0 Å². The van der Waals surface area contributed by atoms with E-state index in [9.17, 15) is 0 Å². The third kappa shape index (κ3) is 9.23. The summed E-state index contributed by atoms with van der Waals surface area (Å²) in [4.78, 5) is 5.14. The highest BCUT2D eigenvalue weighted by Gasteiger charge is 2.20. The van der Waals surface area contributed by atoms with E-state index in [4.69, 9.17) is 4.84 Å². The Morgan fingerprint density at radius 3 is 2.42 bits per heavy atom. The summed E-state index contributed by atoms with van der Waals surface area (Å²) < 4.78 is 0. The maximum Gasteiger partial charge on any atom is 0.0682 e. The van der Waals surface area contributed by atoms with Crippen molar-refractivity contribution >= 4 is 0 Å². The van der Waals surface area contributed by atoms with Crippen molar-refractivity contribution in [2.45, 2.75) is 66.2 Å². The predicted molar refractivity (Wildman–Crippen MR) is 85.0 cm³/mol. The van der Waals surface area contributed by atoms with Crippen LogP contribution in [0.3, 0.4) is 0 Å². The van der Waals surface area contributed by atoms with Crippen molar-refractivity contribution in [3.05, 3.63) is 12.2 Å². The number of hydrogen-bond donors (Lipinski definition) is 1. The number of nitrogens with one attached hydrogen (secondary N) is 1. The maximum atomic E-state index is 5.14. The van der Waals surface area contributed by atoms with Crippen molar-refractivity contribution in [1.82, 2.24) is 5.48 Å². The van der Waals surface area contributed by atoms with Gasteiger partial charge in [-0.1, -0.05) is 58.6 Å². The molecule has 0 aromatic heterocycles. The Balaban J connectivity index is 3.92. The summed E-state index contributed by atoms with van der Waals surface area (Å²) in [5.41, 5.74) is 2.72. The molecule has 2 nitrogen and oxygen atoms in total. The summed E-state index contributed by atoms with van der Waals surface area (Å²) in [7, 11) is 1.82. The molecule has 0 saturated carbocycles. The summed E-state index contributed by atoms with van der Waals surface area (Å²) in [6.45, 7) is 10.1. The molecule has 2 heteroatoms. The number of allylic oxidation sites excluding steroid dienone is 2. The Morgan fingerprint density at radius 2 is 1.84 bits per heavy atom. The lowest BCUT2D eigenvalue weighted by Crippen LogP contribution is -2.19. The zero-order valence-corrected chi connectivity index (χ0v) is 13.7. The predicted octanol–water partition coefficient (Wildman–Crippen LogP) is 4.96. The van der Waals surface area contributed by atoms with Gasteiger partial charge in [0, 0.05) is 7.05 Å². The molecule has 114 valence electrons. The second kappa shape index (κ2) is 12.7. The molecule has 0 aliphatic carbocycles. The second-order valence-corrected chi connectivity index (χ2v) is 5.73. The topological polar surface area (TPSA) is 21.3 Å². The molecule has 1 N–H and O–H groups in total. The molecule has 0 radical (unpaired) electrons. The molecule has 3 unspecified atom stereocenters. The quantitative estimate of drug-likeness (QED) is 0.307.